The van der Waals surface area contributed by atoms with Gasteiger partial charge in [0.25, 0.3) is 0 Å². The molecular weight excluding hydrogens is 267 g/mol. The van der Waals surface area contributed by atoms with Gasteiger partial charge in [-0.2, -0.15) is 13.2 Å². The van der Waals surface area contributed by atoms with Crippen LogP contribution in [0, 0.1) is 0 Å². The highest BCUT2D eigenvalue weighted by Crippen LogP contribution is 2.37. The van der Waals surface area contributed by atoms with E-state index in [-0.39, 0.29) is 12.3 Å². The molecule has 1 unspecified atom stereocenters. The number of rotatable bonds is 2. The van der Waals surface area contributed by atoms with Crippen LogP contribution in [-0.2, 0) is 11.2 Å². The lowest BCUT2D eigenvalue weighted by Gasteiger charge is -2.14. The van der Waals surface area contributed by atoms with Crippen LogP contribution < -0.4 is 4.90 Å². The minimum Gasteiger partial charge on any atom is -0.315 e. The van der Waals surface area contributed by atoms with Crippen molar-refractivity contribution < 1.29 is 18.0 Å². The second kappa shape index (κ2) is 4.46. The number of hydrogen-bond acceptors (Lipinski definition) is 1. The lowest BCUT2D eigenvalue weighted by molar-refractivity contribution is -0.134. The molecule has 0 saturated heterocycles. The lowest BCUT2D eigenvalue weighted by Crippen LogP contribution is -2.20. The molecule has 1 heterocycles. The van der Waals surface area contributed by atoms with Crippen LogP contribution in [0.15, 0.2) is 18.2 Å². The van der Waals surface area contributed by atoms with Crippen molar-refractivity contribution in [2.45, 2.75) is 24.4 Å². The number of anilines is 1. The van der Waals surface area contributed by atoms with E-state index in [1.165, 1.54) is 11.0 Å². The van der Waals surface area contributed by atoms with E-state index >= 15 is 0 Å². The maximum absolute atomic E-state index is 12.2. The Morgan fingerprint density at radius 3 is 2.72 bits per heavy atom. The van der Waals surface area contributed by atoms with Crippen molar-refractivity contribution in [1.29, 1.82) is 0 Å². The molecule has 1 atom stereocenters. The molecule has 0 radical (unpaired) electrons. The first-order valence-electron chi connectivity index (χ1n) is 5.38. The molecule has 0 fully saturated rings. The highest BCUT2D eigenvalue weighted by atomic mass is 35.5. The number of amides is 1. The molecule has 1 aromatic carbocycles. The Balaban J connectivity index is 2.23. The first-order chi connectivity index (χ1) is 8.28. The molecule has 0 spiro atoms. The fraction of sp³-hybridized carbons (Fsp3) is 0.417. The van der Waals surface area contributed by atoms with Crippen LogP contribution in [0.25, 0.3) is 0 Å². The zero-order valence-electron chi connectivity index (χ0n) is 9.59. The van der Waals surface area contributed by atoms with Gasteiger partial charge in [0.1, 0.15) is 0 Å². The number of halogens is 4. The van der Waals surface area contributed by atoms with Crippen molar-refractivity contribution in [2.75, 3.05) is 11.9 Å². The number of alkyl halides is 4. The largest absolute Gasteiger partial charge is 0.390 e. The first kappa shape index (κ1) is 13.2. The zero-order chi connectivity index (χ0) is 13.5. The second-order valence-corrected chi connectivity index (χ2v) is 4.83. The molecule has 1 amide bonds. The summed E-state index contributed by atoms with van der Waals surface area (Å²) in [6.45, 7) is 0. The zero-order valence-corrected chi connectivity index (χ0v) is 10.3. The summed E-state index contributed by atoms with van der Waals surface area (Å²) >= 11 is 5.75. The predicted octanol–water partition coefficient (Wildman–Crippen LogP) is 3.44. The number of carbonyl (C=O) groups is 1. The Labute approximate surface area is 107 Å². The molecule has 1 aliphatic rings. The van der Waals surface area contributed by atoms with E-state index in [1.807, 2.05) is 0 Å². The van der Waals surface area contributed by atoms with E-state index < -0.39 is 18.0 Å². The van der Waals surface area contributed by atoms with E-state index in [1.54, 1.807) is 19.2 Å². The summed E-state index contributed by atoms with van der Waals surface area (Å²) < 4.78 is 36.7. The Morgan fingerprint density at radius 2 is 2.11 bits per heavy atom. The van der Waals surface area contributed by atoms with E-state index in [0.717, 1.165) is 11.3 Å². The molecule has 2 nitrogen and oxygen atoms in total. The van der Waals surface area contributed by atoms with Crippen LogP contribution in [0.5, 0.6) is 0 Å². The molecule has 0 N–H and O–H groups in total. The number of fused-ring (bicyclic) bond motifs is 1. The van der Waals surface area contributed by atoms with Gasteiger partial charge < -0.3 is 4.90 Å². The summed E-state index contributed by atoms with van der Waals surface area (Å²) in [6.07, 6.45) is -5.15. The third kappa shape index (κ3) is 2.61. The topological polar surface area (TPSA) is 20.3 Å². The molecule has 0 aliphatic carbocycles. The fourth-order valence-electron chi connectivity index (χ4n) is 2.01. The summed E-state index contributed by atoms with van der Waals surface area (Å²) in [5.41, 5.74) is 1.86. The van der Waals surface area contributed by atoms with Gasteiger partial charge >= 0.3 is 6.18 Å². The van der Waals surface area contributed by atoms with Crippen LogP contribution in [0.2, 0.25) is 0 Å². The molecule has 0 saturated carbocycles. The van der Waals surface area contributed by atoms with E-state index in [9.17, 15) is 18.0 Å². The number of carbonyl (C=O) groups excluding carboxylic acids is 1. The van der Waals surface area contributed by atoms with Gasteiger partial charge in [0.2, 0.25) is 5.91 Å². The lowest BCUT2D eigenvalue weighted by atomic mass is 10.0. The van der Waals surface area contributed by atoms with Crippen molar-refractivity contribution >= 4 is 23.2 Å². The van der Waals surface area contributed by atoms with Crippen LogP contribution >= 0.6 is 11.6 Å². The third-order valence-electron chi connectivity index (χ3n) is 2.95. The third-order valence-corrected chi connectivity index (χ3v) is 3.36. The Bertz CT molecular complexity index is 487. The van der Waals surface area contributed by atoms with Gasteiger partial charge in [-0.25, -0.2) is 0 Å². The molecule has 1 aliphatic heterocycles. The molecule has 2 rings (SSSR count). The van der Waals surface area contributed by atoms with Crippen molar-refractivity contribution in [1.82, 2.24) is 0 Å². The van der Waals surface area contributed by atoms with Crippen LogP contribution in [0.1, 0.15) is 22.9 Å². The highest BCUT2D eigenvalue weighted by molar-refractivity contribution is 6.20. The van der Waals surface area contributed by atoms with Crippen molar-refractivity contribution in [3.63, 3.8) is 0 Å². The Morgan fingerprint density at radius 1 is 1.44 bits per heavy atom. The van der Waals surface area contributed by atoms with E-state index in [2.05, 4.69) is 0 Å². The van der Waals surface area contributed by atoms with Gasteiger partial charge in [-0.1, -0.05) is 12.1 Å². The van der Waals surface area contributed by atoms with Gasteiger partial charge in [0.05, 0.1) is 18.2 Å². The molecule has 0 bridgehead atoms. The van der Waals surface area contributed by atoms with Crippen molar-refractivity contribution in [3.8, 4) is 0 Å². The number of nitrogens with zero attached hydrogens (tertiary/aromatic N) is 1. The molecule has 1 aromatic rings. The highest BCUT2D eigenvalue weighted by Gasteiger charge is 2.32. The van der Waals surface area contributed by atoms with Gasteiger partial charge in [0, 0.05) is 12.7 Å². The minimum absolute atomic E-state index is 0.0657. The summed E-state index contributed by atoms with van der Waals surface area (Å²) in [6, 6.07) is 4.76. The maximum atomic E-state index is 12.2. The summed E-state index contributed by atoms with van der Waals surface area (Å²) in [5, 5.41) is -1.11. The minimum atomic E-state index is -4.29. The van der Waals surface area contributed by atoms with E-state index in [0.29, 0.717) is 5.56 Å². The Kier molecular flexibility index (Phi) is 3.27. The van der Waals surface area contributed by atoms with Crippen molar-refractivity contribution in [3.05, 3.63) is 29.3 Å². The normalized spacial score (nSPS) is 16.9. The van der Waals surface area contributed by atoms with Crippen LogP contribution in [0.4, 0.5) is 18.9 Å². The average Bonchev–Trinajstić information content (AvgIpc) is 2.52. The smallest absolute Gasteiger partial charge is 0.315 e. The number of benzene rings is 1. The first-order valence-corrected chi connectivity index (χ1v) is 5.82. The van der Waals surface area contributed by atoms with Gasteiger partial charge in [-0.3, -0.25) is 4.79 Å². The number of hydrogen-bond donors (Lipinski definition) is 0. The number of likely N-dealkylation sites (N-methyl/N-ethyl adjacent to an activating group) is 1. The second-order valence-electron chi connectivity index (χ2n) is 4.30. The fourth-order valence-corrected chi connectivity index (χ4v) is 2.32. The van der Waals surface area contributed by atoms with Gasteiger partial charge in [0.15, 0.2) is 0 Å². The van der Waals surface area contributed by atoms with Gasteiger partial charge in [-0.05, 0) is 17.2 Å². The average molecular weight is 278 g/mol. The summed E-state index contributed by atoms with van der Waals surface area (Å²) in [7, 11) is 1.64. The van der Waals surface area contributed by atoms with Crippen LogP contribution in [-0.4, -0.2) is 19.1 Å². The SMILES string of the molecule is CN1C(=O)Cc2cc(C(Cl)CC(F)(F)F)ccc21. The Hall–Kier alpha value is -1.23. The summed E-state index contributed by atoms with van der Waals surface area (Å²) in [4.78, 5) is 12.9. The molecular formula is C12H11ClF3NO. The van der Waals surface area contributed by atoms with Gasteiger partial charge in [-0.15, -0.1) is 11.6 Å². The van der Waals surface area contributed by atoms with Crippen molar-refractivity contribution in [2.24, 2.45) is 0 Å². The molecule has 18 heavy (non-hydrogen) atoms. The quantitative estimate of drug-likeness (QED) is 0.759. The summed E-state index contributed by atoms with van der Waals surface area (Å²) in [5.74, 6) is -0.0657. The molecule has 0 aromatic heterocycles. The predicted molar refractivity (Wildman–Crippen MR) is 62.8 cm³/mol. The van der Waals surface area contributed by atoms with E-state index in [4.69, 9.17) is 11.6 Å². The van der Waals surface area contributed by atoms with Crippen LogP contribution in [0.3, 0.4) is 0 Å². The monoisotopic (exact) mass is 277 g/mol. The molecule has 6 heteroatoms. The molecule has 98 valence electrons. The standard InChI is InChI=1S/C12H11ClF3NO/c1-17-10-3-2-7(4-8(10)5-11(17)18)9(13)6-12(14,15)16/h2-4,9H,5-6H2,1H3. The maximum Gasteiger partial charge on any atom is 0.390 e.